The Balaban J connectivity index is 2.67. The van der Waals surface area contributed by atoms with E-state index in [4.69, 9.17) is 25.3 Å². The Morgan fingerprint density at radius 1 is 1.64 bits per heavy atom. The van der Waals surface area contributed by atoms with E-state index < -0.39 is 20.3 Å². The topological polar surface area (TPSA) is 20.2 Å². The van der Waals surface area contributed by atoms with Gasteiger partial charge in [-0.05, 0) is 0 Å². The summed E-state index contributed by atoms with van der Waals surface area (Å²) >= 11 is 4.04. The van der Waals surface area contributed by atoms with Crippen LogP contribution in [0, 0.1) is 0 Å². The van der Waals surface area contributed by atoms with Crippen LogP contribution in [0.2, 0.25) is 4.18 Å². The van der Waals surface area contributed by atoms with E-state index in [1.807, 2.05) is 6.08 Å². The van der Waals surface area contributed by atoms with Gasteiger partial charge in [0.05, 0.1) is 0 Å². The van der Waals surface area contributed by atoms with Crippen molar-refractivity contribution in [3.63, 3.8) is 0 Å². The first-order valence-electron chi connectivity index (χ1n) is 3.55. The van der Waals surface area contributed by atoms with Gasteiger partial charge in [0.25, 0.3) is 0 Å². The van der Waals surface area contributed by atoms with Crippen LogP contribution >= 0.6 is 20.2 Å². The van der Waals surface area contributed by atoms with Gasteiger partial charge >= 0.3 is 83.3 Å². The average Bonchev–Trinajstić information content (AvgIpc) is 2.29. The van der Waals surface area contributed by atoms with Crippen LogP contribution in [-0.2, 0) is 0 Å². The summed E-state index contributed by atoms with van der Waals surface area (Å²) < 4.78 is 2.29. The van der Waals surface area contributed by atoms with Crippen molar-refractivity contribution in [1.29, 1.82) is 0 Å². The molecule has 0 aliphatic carbocycles. The first kappa shape index (κ1) is 9.97. The molecule has 1 rings (SSSR count). The standard InChI is InChI=1S/C7H9ClO.ClH.In/c1-2-7(8)5-3-4-6-9;;/h3-4,9H,1-2,6H2;1H;/q;;+1/p-1/b4-3+,7-5?;;. The molecule has 0 spiro atoms. The Morgan fingerprint density at radius 2 is 2.36 bits per heavy atom. The van der Waals surface area contributed by atoms with Gasteiger partial charge in [0.15, 0.2) is 0 Å². The predicted octanol–water partition coefficient (Wildman–Crippen LogP) is 2.20. The minimum atomic E-state index is -1.88. The Bertz CT molecular complexity index is 201. The monoisotopic (exact) mass is 294 g/mol. The van der Waals surface area contributed by atoms with E-state index in [-0.39, 0.29) is 6.61 Å². The number of aliphatic hydroxyl groups excluding tert-OH is 1. The number of hydrogen-bond donors (Lipinski definition) is 1. The molecule has 0 unspecified atom stereocenters. The first-order valence-corrected chi connectivity index (χ1v) is 12.1. The normalized spacial score (nSPS) is 19.0. The second kappa shape index (κ2) is 4.80. The SMILES string of the molecule is OC/C=C/[C]1=C(Cl)C[CH2][In]1[Cl]. The Hall–Kier alpha value is 0.890. The number of aliphatic hydroxyl groups is 1. The van der Waals surface area contributed by atoms with Crippen molar-refractivity contribution in [3.05, 3.63) is 20.5 Å². The maximum absolute atomic E-state index is 8.53. The van der Waals surface area contributed by atoms with Crippen LogP contribution in [0.4, 0.5) is 0 Å². The summed E-state index contributed by atoms with van der Waals surface area (Å²) in [6, 6.07) is 0. The molecule has 0 radical (unpaired) electrons. The van der Waals surface area contributed by atoms with E-state index in [1.54, 1.807) is 6.08 Å². The molecule has 0 aromatic rings. The third-order valence-electron chi connectivity index (χ3n) is 1.67. The van der Waals surface area contributed by atoms with Crippen molar-refractivity contribution in [2.24, 2.45) is 0 Å². The summed E-state index contributed by atoms with van der Waals surface area (Å²) in [4.78, 5) is 0. The van der Waals surface area contributed by atoms with Crippen molar-refractivity contribution < 1.29 is 5.11 Å². The second-order valence-corrected chi connectivity index (χ2v) is 12.5. The van der Waals surface area contributed by atoms with Crippen LogP contribution in [0.5, 0.6) is 0 Å². The summed E-state index contributed by atoms with van der Waals surface area (Å²) in [5.74, 6) is 0. The van der Waals surface area contributed by atoms with Gasteiger partial charge in [-0.15, -0.1) is 0 Å². The molecule has 11 heavy (non-hydrogen) atoms. The molecule has 1 heterocycles. The van der Waals surface area contributed by atoms with Crippen LogP contribution in [-0.4, -0.2) is 32.0 Å². The molecule has 1 nitrogen and oxygen atoms in total. The molecule has 0 fully saturated rings. The summed E-state index contributed by atoms with van der Waals surface area (Å²) in [7, 11) is 6.14. The summed E-state index contributed by atoms with van der Waals surface area (Å²) in [6.07, 6.45) is 4.55. The van der Waals surface area contributed by atoms with Crippen molar-refractivity contribution in [3.8, 4) is 0 Å². The van der Waals surface area contributed by atoms with Crippen molar-refractivity contribution in [2.75, 3.05) is 6.61 Å². The van der Waals surface area contributed by atoms with Gasteiger partial charge in [-0.25, -0.2) is 0 Å². The van der Waals surface area contributed by atoms with Gasteiger partial charge in [-0.3, -0.25) is 0 Å². The number of rotatable bonds is 2. The third kappa shape index (κ3) is 2.69. The molecular weight excluding hydrogens is 286 g/mol. The Labute approximate surface area is 82.8 Å². The van der Waals surface area contributed by atoms with E-state index in [0.29, 0.717) is 0 Å². The summed E-state index contributed by atoms with van der Waals surface area (Å²) in [5, 5.41) is 9.45. The van der Waals surface area contributed by atoms with Crippen LogP contribution in [0.15, 0.2) is 20.5 Å². The minimum absolute atomic E-state index is 0.0726. The van der Waals surface area contributed by atoms with Crippen LogP contribution < -0.4 is 0 Å². The van der Waals surface area contributed by atoms with E-state index >= 15 is 0 Å². The van der Waals surface area contributed by atoms with Crippen LogP contribution in [0.25, 0.3) is 0 Å². The molecular formula is C7H9Cl2InO. The second-order valence-electron chi connectivity index (χ2n) is 2.45. The molecule has 0 aromatic carbocycles. The molecule has 4 heteroatoms. The molecule has 0 bridgehead atoms. The van der Waals surface area contributed by atoms with Crippen molar-refractivity contribution in [2.45, 2.75) is 10.6 Å². The first-order chi connectivity index (χ1) is 5.25. The van der Waals surface area contributed by atoms with E-state index in [0.717, 1.165) is 15.6 Å². The molecule has 0 saturated heterocycles. The van der Waals surface area contributed by atoms with Crippen LogP contribution in [0.3, 0.4) is 0 Å². The number of allylic oxidation sites excluding steroid dienone is 3. The molecule has 1 N–H and O–H groups in total. The van der Waals surface area contributed by atoms with Gasteiger partial charge in [0, 0.05) is 0 Å². The molecule has 0 atom stereocenters. The molecule has 0 amide bonds. The van der Waals surface area contributed by atoms with Gasteiger partial charge < -0.3 is 0 Å². The fourth-order valence-electron chi connectivity index (χ4n) is 1.10. The number of halogens is 2. The molecule has 1 aliphatic rings. The molecule has 1 aliphatic heterocycles. The van der Waals surface area contributed by atoms with Gasteiger partial charge in [0.1, 0.15) is 0 Å². The molecule has 0 aromatic heterocycles. The van der Waals surface area contributed by atoms with Gasteiger partial charge in [-0.2, -0.15) is 0 Å². The Morgan fingerprint density at radius 3 is 2.82 bits per heavy atom. The van der Waals surface area contributed by atoms with Crippen molar-refractivity contribution in [1.82, 2.24) is 0 Å². The molecule has 0 saturated carbocycles. The third-order valence-corrected chi connectivity index (χ3v) is 11.4. The van der Waals surface area contributed by atoms with Crippen LogP contribution in [0.1, 0.15) is 6.42 Å². The zero-order valence-electron chi connectivity index (χ0n) is 6.06. The zero-order chi connectivity index (χ0) is 8.27. The summed E-state index contributed by atoms with van der Waals surface area (Å²) in [6.45, 7) is 0.0726. The quantitative estimate of drug-likeness (QED) is 0.828. The van der Waals surface area contributed by atoms with Crippen molar-refractivity contribution >= 4 is 40.4 Å². The van der Waals surface area contributed by atoms with E-state index in [1.165, 1.54) is 3.33 Å². The van der Waals surface area contributed by atoms with Gasteiger partial charge in [-0.1, -0.05) is 0 Å². The number of hydrogen-bond acceptors (Lipinski definition) is 1. The van der Waals surface area contributed by atoms with Gasteiger partial charge in [0.2, 0.25) is 0 Å². The maximum atomic E-state index is 8.53. The summed E-state index contributed by atoms with van der Waals surface area (Å²) in [5.41, 5.74) is 0. The predicted molar refractivity (Wildman–Crippen MR) is 50.1 cm³/mol. The zero-order valence-corrected chi connectivity index (χ0v) is 10.9. The molecule has 60 valence electrons. The van der Waals surface area contributed by atoms with E-state index in [2.05, 4.69) is 0 Å². The average molecular weight is 295 g/mol. The Kier molecular flexibility index (Phi) is 4.36. The van der Waals surface area contributed by atoms with E-state index in [9.17, 15) is 0 Å². The fraction of sp³-hybridized carbons (Fsp3) is 0.429. The fourth-order valence-corrected chi connectivity index (χ4v) is 9.95.